The van der Waals surface area contributed by atoms with E-state index in [2.05, 4.69) is 103 Å². The third-order valence-corrected chi connectivity index (χ3v) is 5.76. The van der Waals surface area contributed by atoms with Crippen molar-refractivity contribution in [2.24, 2.45) is 0 Å². The van der Waals surface area contributed by atoms with Crippen molar-refractivity contribution in [1.82, 2.24) is 15.0 Å². The molecule has 154 valence electrons. The third-order valence-electron chi connectivity index (χ3n) is 5.76. The number of aromatic nitrogens is 3. The SMILES string of the molecule is CC(C)(C)c1ccc(C(C)(C)CCC(C)(C)c2ncnc(C(C)(C)C)n2)cc1. The first-order chi connectivity index (χ1) is 12.6. The smallest absolute Gasteiger partial charge is 0.137 e. The van der Waals surface area contributed by atoms with Gasteiger partial charge in [-0.2, -0.15) is 0 Å². The molecule has 2 aromatic rings. The average Bonchev–Trinajstić information content (AvgIpc) is 2.59. The molecule has 0 aliphatic carbocycles. The van der Waals surface area contributed by atoms with E-state index in [4.69, 9.17) is 4.98 Å². The Hall–Kier alpha value is -1.77. The van der Waals surface area contributed by atoms with Crippen LogP contribution < -0.4 is 0 Å². The number of hydrogen-bond acceptors (Lipinski definition) is 3. The van der Waals surface area contributed by atoms with Crippen molar-refractivity contribution >= 4 is 0 Å². The molecule has 0 spiro atoms. The van der Waals surface area contributed by atoms with Crippen molar-refractivity contribution in [3.8, 4) is 0 Å². The van der Waals surface area contributed by atoms with E-state index in [0.717, 1.165) is 24.5 Å². The maximum absolute atomic E-state index is 4.81. The second-order valence-electron chi connectivity index (χ2n) is 11.5. The van der Waals surface area contributed by atoms with Gasteiger partial charge in [0.15, 0.2) is 0 Å². The summed E-state index contributed by atoms with van der Waals surface area (Å²) in [6, 6.07) is 9.16. The molecule has 0 aliphatic heterocycles. The van der Waals surface area contributed by atoms with E-state index in [-0.39, 0.29) is 21.7 Å². The minimum atomic E-state index is -0.0917. The van der Waals surface area contributed by atoms with E-state index in [1.807, 2.05) is 0 Å². The zero-order valence-corrected chi connectivity index (χ0v) is 19.6. The molecule has 3 heteroatoms. The lowest BCUT2D eigenvalue weighted by atomic mass is 9.74. The summed E-state index contributed by atoms with van der Waals surface area (Å²) in [6.07, 6.45) is 3.76. The summed E-state index contributed by atoms with van der Waals surface area (Å²) in [5, 5.41) is 0. The standard InChI is InChI=1S/C25H39N3/c1-22(2,3)18-11-13-19(14-12-18)24(7,8)15-16-25(9,10)21-27-17-26-20(28-21)23(4,5)6/h11-14,17H,15-16H2,1-10H3. The van der Waals surface area contributed by atoms with E-state index in [1.54, 1.807) is 6.33 Å². The summed E-state index contributed by atoms with van der Waals surface area (Å²) in [6.45, 7) is 22.4. The van der Waals surface area contributed by atoms with Gasteiger partial charge >= 0.3 is 0 Å². The molecule has 0 bridgehead atoms. The van der Waals surface area contributed by atoms with Gasteiger partial charge in [-0.3, -0.25) is 0 Å². The average molecular weight is 382 g/mol. The van der Waals surface area contributed by atoms with Gasteiger partial charge in [0.1, 0.15) is 18.0 Å². The van der Waals surface area contributed by atoms with Crippen LogP contribution >= 0.6 is 0 Å². The molecule has 0 radical (unpaired) electrons. The monoisotopic (exact) mass is 381 g/mol. The van der Waals surface area contributed by atoms with Crippen LogP contribution in [0.3, 0.4) is 0 Å². The van der Waals surface area contributed by atoms with Crippen LogP contribution in [0.2, 0.25) is 0 Å². The molecule has 0 aliphatic rings. The molecule has 0 unspecified atom stereocenters. The van der Waals surface area contributed by atoms with Gasteiger partial charge in [-0.15, -0.1) is 0 Å². The first kappa shape index (κ1) is 22.5. The second-order valence-corrected chi connectivity index (χ2v) is 11.5. The van der Waals surface area contributed by atoms with Crippen LogP contribution in [0.15, 0.2) is 30.6 Å². The predicted molar refractivity (Wildman–Crippen MR) is 119 cm³/mol. The summed E-state index contributed by atoms with van der Waals surface area (Å²) in [4.78, 5) is 13.7. The Morgan fingerprint density at radius 2 is 1.04 bits per heavy atom. The minimum Gasteiger partial charge on any atom is -0.221 e. The molecule has 0 atom stereocenters. The highest BCUT2D eigenvalue weighted by Gasteiger charge is 2.30. The summed E-state index contributed by atoms with van der Waals surface area (Å²) >= 11 is 0. The molecule has 0 saturated heterocycles. The molecular weight excluding hydrogens is 342 g/mol. The predicted octanol–water partition coefficient (Wildman–Crippen LogP) is 6.50. The lowest BCUT2D eigenvalue weighted by Gasteiger charge is -2.31. The number of benzene rings is 1. The number of nitrogens with zero attached hydrogens (tertiary/aromatic N) is 3. The van der Waals surface area contributed by atoms with Gasteiger partial charge in [-0.25, -0.2) is 15.0 Å². The van der Waals surface area contributed by atoms with Crippen LogP contribution in [0.4, 0.5) is 0 Å². The van der Waals surface area contributed by atoms with Gasteiger partial charge < -0.3 is 0 Å². The molecule has 28 heavy (non-hydrogen) atoms. The fourth-order valence-corrected chi connectivity index (χ4v) is 3.29. The number of rotatable bonds is 5. The summed E-state index contributed by atoms with van der Waals surface area (Å²) in [5.74, 6) is 1.76. The van der Waals surface area contributed by atoms with Crippen molar-refractivity contribution in [2.75, 3.05) is 0 Å². The summed E-state index contributed by atoms with van der Waals surface area (Å²) in [5.41, 5.74) is 2.91. The van der Waals surface area contributed by atoms with Crippen LogP contribution in [0, 0.1) is 0 Å². The molecule has 0 amide bonds. The molecule has 2 rings (SSSR count). The van der Waals surface area contributed by atoms with Crippen LogP contribution in [0.5, 0.6) is 0 Å². The van der Waals surface area contributed by atoms with Gasteiger partial charge in [-0.05, 0) is 34.8 Å². The molecular formula is C25H39N3. The highest BCUT2D eigenvalue weighted by Crippen LogP contribution is 2.36. The van der Waals surface area contributed by atoms with E-state index < -0.39 is 0 Å². The van der Waals surface area contributed by atoms with E-state index in [9.17, 15) is 0 Å². The van der Waals surface area contributed by atoms with E-state index in [1.165, 1.54) is 11.1 Å². The Kier molecular flexibility index (Phi) is 6.09. The van der Waals surface area contributed by atoms with Crippen molar-refractivity contribution in [1.29, 1.82) is 0 Å². The zero-order valence-electron chi connectivity index (χ0n) is 19.6. The molecule has 0 N–H and O–H groups in total. The van der Waals surface area contributed by atoms with E-state index in [0.29, 0.717) is 0 Å². The largest absolute Gasteiger partial charge is 0.221 e. The fourth-order valence-electron chi connectivity index (χ4n) is 3.29. The van der Waals surface area contributed by atoms with Crippen molar-refractivity contribution in [3.05, 3.63) is 53.4 Å². The maximum Gasteiger partial charge on any atom is 0.137 e. The Morgan fingerprint density at radius 1 is 0.571 bits per heavy atom. The summed E-state index contributed by atoms with van der Waals surface area (Å²) < 4.78 is 0. The Morgan fingerprint density at radius 3 is 1.54 bits per heavy atom. The third kappa shape index (κ3) is 5.40. The highest BCUT2D eigenvalue weighted by atomic mass is 15.0. The number of hydrogen-bond donors (Lipinski definition) is 0. The van der Waals surface area contributed by atoms with Crippen LogP contribution in [0.1, 0.15) is 105 Å². The van der Waals surface area contributed by atoms with Crippen LogP contribution in [-0.4, -0.2) is 15.0 Å². The van der Waals surface area contributed by atoms with Crippen molar-refractivity contribution in [3.63, 3.8) is 0 Å². The topological polar surface area (TPSA) is 38.7 Å². The van der Waals surface area contributed by atoms with Crippen molar-refractivity contribution < 1.29 is 0 Å². The van der Waals surface area contributed by atoms with E-state index >= 15 is 0 Å². The Bertz CT molecular complexity index is 788. The molecule has 3 nitrogen and oxygen atoms in total. The van der Waals surface area contributed by atoms with Gasteiger partial charge in [-0.1, -0.05) is 93.5 Å². The molecule has 1 aromatic carbocycles. The first-order valence-electron chi connectivity index (χ1n) is 10.4. The van der Waals surface area contributed by atoms with Crippen LogP contribution in [-0.2, 0) is 21.7 Å². The van der Waals surface area contributed by atoms with Crippen molar-refractivity contribution in [2.45, 2.75) is 104 Å². The maximum atomic E-state index is 4.81. The Labute approximate surface area is 172 Å². The molecule has 1 heterocycles. The normalized spacial score (nSPS) is 13.6. The molecule has 1 aromatic heterocycles. The summed E-state index contributed by atoms with van der Waals surface area (Å²) in [7, 11) is 0. The molecule has 0 saturated carbocycles. The highest BCUT2D eigenvalue weighted by molar-refractivity contribution is 5.31. The lowest BCUT2D eigenvalue weighted by molar-refractivity contribution is 0.358. The fraction of sp³-hybridized carbons (Fsp3) is 0.640. The minimum absolute atomic E-state index is 0.0676. The van der Waals surface area contributed by atoms with Gasteiger partial charge in [0.2, 0.25) is 0 Å². The Balaban J connectivity index is 2.17. The molecule has 0 fully saturated rings. The zero-order chi connectivity index (χ0) is 21.4. The van der Waals surface area contributed by atoms with Gasteiger partial charge in [0.25, 0.3) is 0 Å². The van der Waals surface area contributed by atoms with Gasteiger partial charge in [0.05, 0.1) is 0 Å². The second kappa shape index (κ2) is 7.57. The quantitative estimate of drug-likeness (QED) is 0.593. The lowest BCUT2D eigenvalue weighted by Crippen LogP contribution is -2.28. The first-order valence-corrected chi connectivity index (χ1v) is 10.4. The van der Waals surface area contributed by atoms with Crippen LogP contribution in [0.25, 0.3) is 0 Å². The van der Waals surface area contributed by atoms with Gasteiger partial charge in [0, 0.05) is 10.8 Å².